The number of hydrogen-bond acceptors (Lipinski definition) is 3. The van der Waals surface area contributed by atoms with E-state index in [1.54, 1.807) is 6.07 Å². The molecule has 0 spiro atoms. The number of benzene rings is 1. The quantitative estimate of drug-likeness (QED) is 0.574. The van der Waals surface area contributed by atoms with Gasteiger partial charge >= 0.3 is 0 Å². The first-order valence-corrected chi connectivity index (χ1v) is 6.29. The number of carbonyl (C=O) groups is 1. The molecular formula is C15H22O3. The van der Waals surface area contributed by atoms with Crippen LogP contribution >= 0.6 is 0 Å². The van der Waals surface area contributed by atoms with E-state index in [-0.39, 0.29) is 5.41 Å². The zero-order valence-corrected chi connectivity index (χ0v) is 11.7. The maximum absolute atomic E-state index is 10.8. The molecule has 100 valence electrons. The molecule has 0 aromatic heterocycles. The van der Waals surface area contributed by atoms with Gasteiger partial charge in [-0.05, 0) is 30.5 Å². The van der Waals surface area contributed by atoms with E-state index >= 15 is 0 Å². The van der Waals surface area contributed by atoms with Gasteiger partial charge in [0, 0.05) is 17.7 Å². The lowest BCUT2D eigenvalue weighted by Gasteiger charge is -2.23. The fourth-order valence-corrected chi connectivity index (χ4v) is 1.69. The molecule has 0 atom stereocenters. The van der Waals surface area contributed by atoms with Gasteiger partial charge in [-0.3, -0.25) is 4.79 Å². The first-order chi connectivity index (χ1) is 8.49. The predicted octanol–water partition coefficient (Wildman–Crippen LogP) is 3.21. The minimum absolute atomic E-state index is 0.0556. The van der Waals surface area contributed by atoms with Gasteiger partial charge in [0.2, 0.25) is 0 Å². The lowest BCUT2D eigenvalue weighted by molar-refractivity contribution is 0.109. The number of rotatable bonds is 6. The summed E-state index contributed by atoms with van der Waals surface area (Å²) in [5.41, 5.74) is 1.67. The van der Waals surface area contributed by atoms with E-state index in [9.17, 15) is 4.79 Å². The maximum atomic E-state index is 10.8. The van der Waals surface area contributed by atoms with Gasteiger partial charge in [0.15, 0.2) is 0 Å². The van der Waals surface area contributed by atoms with Crippen LogP contribution in [-0.4, -0.2) is 26.1 Å². The van der Waals surface area contributed by atoms with Gasteiger partial charge in [0.25, 0.3) is 0 Å². The van der Waals surface area contributed by atoms with Crippen molar-refractivity contribution < 1.29 is 14.3 Å². The molecule has 0 aliphatic heterocycles. The van der Waals surface area contributed by atoms with Crippen LogP contribution in [0, 0.1) is 0 Å². The first kappa shape index (κ1) is 14.7. The molecular weight excluding hydrogens is 228 g/mol. The number of aldehydes is 1. The van der Waals surface area contributed by atoms with Crippen molar-refractivity contribution in [1.82, 2.24) is 0 Å². The van der Waals surface area contributed by atoms with Gasteiger partial charge in [-0.1, -0.05) is 20.8 Å². The van der Waals surface area contributed by atoms with Crippen LogP contribution in [0.4, 0.5) is 0 Å². The third kappa shape index (κ3) is 4.15. The van der Waals surface area contributed by atoms with Crippen LogP contribution in [0.3, 0.4) is 0 Å². The van der Waals surface area contributed by atoms with Crippen LogP contribution in [-0.2, 0) is 10.2 Å². The van der Waals surface area contributed by atoms with Crippen molar-refractivity contribution in [2.24, 2.45) is 0 Å². The molecule has 3 nitrogen and oxygen atoms in total. The Morgan fingerprint density at radius 2 is 1.94 bits per heavy atom. The lowest BCUT2D eigenvalue weighted by atomic mass is 9.85. The fourth-order valence-electron chi connectivity index (χ4n) is 1.69. The highest BCUT2D eigenvalue weighted by Crippen LogP contribution is 2.31. The summed E-state index contributed by atoms with van der Waals surface area (Å²) < 4.78 is 11.0. The van der Waals surface area contributed by atoms with E-state index in [1.807, 2.05) is 19.1 Å². The Labute approximate surface area is 109 Å². The van der Waals surface area contributed by atoms with Crippen LogP contribution < -0.4 is 4.74 Å². The molecule has 0 heterocycles. The summed E-state index contributed by atoms with van der Waals surface area (Å²) in [5.74, 6) is 0.827. The Morgan fingerprint density at radius 1 is 1.22 bits per heavy atom. The topological polar surface area (TPSA) is 35.5 Å². The molecule has 1 aromatic carbocycles. The van der Waals surface area contributed by atoms with Crippen LogP contribution in [0.15, 0.2) is 18.2 Å². The van der Waals surface area contributed by atoms with Gasteiger partial charge in [0.1, 0.15) is 18.6 Å². The molecule has 0 aliphatic rings. The minimum Gasteiger partial charge on any atom is -0.491 e. The Kier molecular flexibility index (Phi) is 5.35. The summed E-state index contributed by atoms with van der Waals surface area (Å²) in [4.78, 5) is 10.8. The number of carbonyl (C=O) groups excluding carboxylic acids is 1. The molecule has 1 aromatic rings. The summed E-state index contributed by atoms with van der Waals surface area (Å²) in [6.45, 7) is 10.1. The zero-order valence-electron chi connectivity index (χ0n) is 11.7. The molecule has 0 aliphatic carbocycles. The Bertz CT molecular complexity index is 391. The molecule has 0 amide bonds. The Hall–Kier alpha value is -1.35. The highest BCUT2D eigenvalue weighted by Gasteiger charge is 2.19. The van der Waals surface area contributed by atoms with Crippen molar-refractivity contribution in [2.75, 3.05) is 19.8 Å². The summed E-state index contributed by atoms with van der Waals surface area (Å²) in [6.07, 6.45) is 0.860. The third-order valence-corrected chi connectivity index (χ3v) is 2.64. The highest BCUT2D eigenvalue weighted by atomic mass is 16.5. The molecule has 0 N–H and O–H groups in total. The van der Waals surface area contributed by atoms with Crippen molar-refractivity contribution in [3.63, 3.8) is 0 Å². The summed E-state index contributed by atoms with van der Waals surface area (Å²) in [5, 5.41) is 0. The number of hydrogen-bond donors (Lipinski definition) is 0. The maximum Gasteiger partial charge on any atom is 0.150 e. The van der Waals surface area contributed by atoms with Crippen LogP contribution in [0.2, 0.25) is 0 Å². The summed E-state index contributed by atoms with van der Waals surface area (Å²) >= 11 is 0. The second-order valence-electron chi connectivity index (χ2n) is 5.17. The van der Waals surface area contributed by atoms with Crippen LogP contribution in [0.1, 0.15) is 43.6 Å². The van der Waals surface area contributed by atoms with E-state index in [4.69, 9.17) is 9.47 Å². The molecule has 0 unspecified atom stereocenters. The van der Waals surface area contributed by atoms with Crippen molar-refractivity contribution >= 4 is 6.29 Å². The largest absolute Gasteiger partial charge is 0.491 e. The van der Waals surface area contributed by atoms with Gasteiger partial charge < -0.3 is 9.47 Å². The molecule has 0 radical (unpaired) electrons. The molecule has 0 saturated heterocycles. The van der Waals surface area contributed by atoms with Gasteiger partial charge in [-0.15, -0.1) is 0 Å². The van der Waals surface area contributed by atoms with Gasteiger partial charge in [0.05, 0.1) is 6.61 Å². The standard InChI is InChI=1S/C15H22O3/c1-5-17-8-9-18-14-7-6-12(11-16)10-13(14)15(2,3)4/h6-7,10-11H,5,8-9H2,1-4H3. The predicted molar refractivity (Wildman–Crippen MR) is 72.5 cm³/mol. The second kappa shape index (κ2) is 6.55. The molecule has 3 heteroatoms. The van der Waals surface area contributed by atoms with Crippen molar-refractivity contribution in [1.29, 1.82) is 0 Å². The summed E-state index contributed by atoms with van der Waals surface area (Å²) in [6, 6.07) is 5.53. The smallest absolute Gasteiger partial charge is 0.150 e. The molecule has 0 fully saturated rings. The van der Waals surface area contributed by atoms with E-state index in [0.29, 0.717) is 25.4 Å². The van der Waals surface area contributed by atoms with E-state index < -0.39 is 0 Å². The van der Waals surface area contributed by atoms with Crippen LogP contribution in [0.5, 0.6) is 5.75 Å². The van der Waals surface area contributed by atoms with E-state index in [0.717, 1.165) is 17.6 Å². The second-order valence-corrected chi connectivity index (χ2v) is 5.17. The first-order valence-electron chi connectivity index (χ1n) is 6.29. The normalized spacial score (nSPS) is 11.3. The lowest BCUT2D eigenvalue weighted by Crippen LogP contribution is -2.15. The monoisotopic (exact) mass is 250 g/mol. The van der Waals surface area contributed by atoms with Crippen molar-refractivity contribution in [2.45, 2.75) is 33.1 Å². The molecule has 0 saturated carbocycles. The van der Waals surface area contributed by atoms with Crippen molar-refractivity contribution in [3.8, 4) is 5.75 Å². The average molecular weight is 250 g/mol. The summed E-state index contributed by atoms with van der Waals surface area (Å²) in [7, 11) is 0. The molecule has 0 bridgehead atoms. The molecule has 1 rings (SSSR count). The van der Waals surface area contributed by atoms with Crippen molar-refractivity contribution in [3.05, 3.63) is 29.3 Å². The highest BCUT2D eigenvalue weighted by molar-refractivity contribution is 5.75. The Morgan fingerprint density at radius 3 is 2.50 bits per heavy atom. The SMILES string of the molecule is CCOCCOc1ccc(C=O)cc1C(C)(C)C. The zero-order chi connectivity index (χ0) is 13.6. The third-order valence-electron chi connectivity index (χ3n) is 2.64. The van der Waals surface area contributed by atoms with Gasteiger partial charge in [-0.2, -0.15) is 0 Å². The van der Waals surface area contributed by atoms with Crippen LogP contribution in [0.25, 0.3) is 0 Å². The minimum atomic E-state index is -0.0556. The Balaban J connectivity index is 2.86. The fraction of sp³-hybridized carbons (Fsp3) is 0.533. The van der Waals surface area contributed by atoms with E-state index in [2.05, 4.69) is 20.8 Å². The van der Waals surface area contributed by atoms with E-state index in [1.165, 1.54) is 0 Å². The number of ether oxygens (including phenoxy) is 2. The van der Waals surface area contributed by atoms with Gasteiger partial charge in [-0.25, -0.2) is 0 Å². The average Bonchev–Trinajstić information content (AvgIpc) is 2.33. The molecule has 18 heavy (non-hydrogen) atoms.